The van der Waals surface area contributed by atoms with Gasteiger partial charge in [0.1, 0.15) is 0 Å². The minimum atomic E-state index is -2.51. The third-order valence-electron chi connectivity index (χ3n) is 1.78. The standard InChI is InChI=1S/C7H13F2NO.ClH/c1-10-5-6-4-7(8,9)2-3-11-6;/h6,10H,2-5H2,1H3;1H. The van der Waals surface area contributed by atoms with Gasteiger partial charge in [-0.15, -0.1) is 12.4 Å². The van der Waals surface area contributed by atoms with Crippen molar-refractivity contribution in [2.75, 3.05) is 20.2 Å². The van der Waals surface area contributed by atoms with E-state index in [0.29, 0.717) is 6.54 Å². The van der Waals surface area contributed by atoms with Gasteiger partial charge in [-0.3, -0.25) is 0 Å². The van der Waals surface area contributed by atoms with E-state index in [4.69, 9.17) is 4.74 Å². The van der Waals surface area contributed by atoms with Gasteiger partial charge in [0, 0.05) is 19.4 Å². The maximum Gasteiger partial charge on any atom is 0.252 e. The molecule has 1 N–H and O–H groups in total. The summed E-state index contributed by atoms with van der Waals surface area (Å²) >= 11 is 0. The second kappa shape index (κ2) is 4.94. The Kier molecular flexibility index (Phi) is 4.97. The van der Waals surface area contributed by atoms with Crippen LogP contribution in [0.1, 0.15) is 12.8 Å². The molecule has 0 bridgehead atoms. The van der Waals surface area contributed by atoms with Gasteiger partial charge in [0.05, 0.1) is 12.7 Å². The van der Waals surface area contributed by atoms with Crippen molar-refractivity contribution in [2.45, 2.75) is 24.9 Å². The number of likely N-dealkylation sites (N-methyl/N-ethyl adjacent to an activating group) is 1. The van der Waals surface area contributed by atoms with Crippen LogP contribution in [0.2, 0.25) is 0 Å². The molecule has 0 aliphatic carbocycles. The first-order chi connectivity index (χ1) is 5.14. The van der Waals surface area contributed by atoms with Crippen molar-refractivity contribution in [1.29, 1.82) is 0 Å². The summed E-state index contributed by atoms with van der Waals surface area (Å²) in [6.07, 6.45) is -0.593. The Morgan fingerprint density at radius 1 is 1.58 bits per heavy atom. The summed E-state index contributed by atoms with van der Waals surface area (Å²) in [5.41, 5.74) is 0. The van der Waals surface area contributed by atoms with Crippen molar-refractivity contribution in [1.82, 2.24) is 5.32 Å². The highest BCUT2D eigenvalue weighted by Gasteiger charge is 2.36. The SMILES string of the molecule is CNCC1CC(F)(F)CCO1.Cl. The van der Waals surface area contributed by atoms with Gasteiger partial charge in [-0.05, 0) is 7.05 Å². The monoisotopic (exact) mass is 201 g/mol. The minimum absolute atomic E-state index is 0. The Morgan fingerprint density at radius 2 is 2.25 bits per heavy atom. The lowest BCUT2D eigenvalue weighted by Gasteiger charge is -2.28. The van der Waals surface area contributed by atoms with Crippen molar-refractivity contribution in [3.05, 3.63) is 0 Å². The Balaban J connectivity index is 0.00000121. The van der Waals surface area contributed by atoms with Gasteiger partial charge in [-0.25, -0.2) is 8.78 Å². The average Bonchev–Trinajstić information content (AvgIpc) is 1.85. The summed E-state index contributed by atoms with van der Waals surface area (Å²) in [6.45, 7) is 0.689. The molecule has 1 rings (SSSR count). The Bertz CT molecular complexity index is 133. The highest BCUT2D eigenvalue weighted by Crippen LogP contribution is 2.29. The first kappa shape index (κ1) is 12.1. The molecule has 1 fully saturated rings. The second-order valence-corrected chi connectivity index (χ2v) is 2.86. The highest BCUT2D eigenvalue weighted by molar-refractivity contribution is 5.85. The normalized spacial score (nSPS) is 27.8. The first-order valence-corrected chi connectivity index (χ1v) is 3.78. The third kappa shape index (κ3) is 3.65. The van der Waals surface area contributed by atoms with E-state index >= 15 is 0 Å². The van der Waals surface area contributed by atoms with Crippen LogP contribution in [0.4, 0.5) is 8.78 Å². The predicted octanol–water partition coefficient (Wildman–Crippen LogP) is 1.44. The smallest absolute Gasteiger partial charge is 0.252 e. The summed E-state index contributed by atoms with van der Waals surface area (Å²) in [6, 6.07) is 0. The Hall–Kier alpha value is 0.0700. The van der Waals surface area contributed by atoms with Crippen LogP contribution in [-0.4, -0.2) is 32.2 Å². The van der Waals surface area contributed by atoms with Crippen LogP contribution >= 0.6 is 12.4 Å². The van der Waals surface area contributed by atoms with E-state index in [2.05, 4.69) is 5.32 Å². The maximum absolute atomic E-state index is 12.7. The van der Waals surface area contributed by atoms with Gasteiger partial charge in [-0.1, -0.05) is 0 Å². The molecule has 0 amide bonds. The van der Waals surface area contributed by atoms with Crippen LogP contribution in [0.3, 0.4) is 0 Å². The zero-order valence-corrected chi connectivity index (χ0v) is 7.79. The fraction of sp³-hybridized carbons (Fsp3) is 1.00. The molecule has 0 spiro atoms. The van der Waals surface area contributed by atoms with E-state index in [9.17, 15) is 8.78 Å². The fourth-order valence-electron chi connectivity index (χ4n) is 1.23. The van der Waals surface area contributed by atoms with Gasteiger partial charge < -0.3 is 10.1 Å². The summed E-state index contributed by atoms with van der Waals surface area (Å²) < 4.78 is 30.5. The minimum Gasteiger partial charge on any atom is -0.376 e. The van der Waals surface area contributed by atoms with Crippen LogP contribution in [0.15, 0.2) is 0 Å². The first-order valence-electron chi connectivity index (χ1n) is 3.78. The quantitative estimate of drug-likeness (QED) is 0.730. The molecule has 0 saturated carbocycles. The maximum atomic E-state index is 12.7. The Labute approximate surface area is 77.1 Å². The third-order valence-corrected chi connectivity index (χ3v) is 1.78. The van der Waals surface area contributed by atoms with Crippen molar-refractivity contribution in [3.63, 3.8) is 0 Å². The van der Waals surface area contributed by atoms with E-state index in [0.717, 1.165) is 0 Å². The molecular weight excluding hydrogens is 188 g/mol. The Morgan fingerprint density at radius 3 is 2.75 bits per heavy atom. The van der Waals surface area contributed by atoms with Crippen LogP contribution < -0.4 is 5.32 Å². The summed E-state index contributed by atoms with van der Waals surface area (Å²) in [5, 5.41) is 2.82. The van der Waals surface area contributed by atoms with E-state index in [1.807, 2.05) is 0 Å². The molecule has 1 heterocycles. The van der Waals surface area contributed by atoms with E-state index in [1.54, 1.807) is 7.05 Å². The second-order valence-electron chi connectivity index (χ2n) is 2.86. The molecule has 0 aromatic rings. The number of halogens is 3. The van der Waals surface area contributed by atoms with Gasteiger partial charge in [-0.2, -0.15) is 0 Å². The summed E-state index contributed by atoms with van der Waals surface area (Å²) in [4.78, 5) is 0. The summed E-state index contributed by atoms with van der Waals surface area (Å²) in [5.74, 6) is -2.51. The van der Waals surface area contributed by atoms with E-state index < -0.39 is 5.92 Å². The molecule has 1 atom stereocenters. The molecule has 12 heavy (non-hydrogen) atoms. The van der Waals surface area contributed by atoms with E-state index in [-0.39, 0.29) is 38.0 Å². The molecule has 0 radical (unpaired) electrons. The topological polar surface area (TPSA) is 21.3 Å². The van der Waals surface area contributed by atoms with Crippen LogP contribution in [-0.2, 0) is 4.74 Å². The number of alkyl halides is 2. The lowest BCUT2D eigenvalue weighted by atomic mass is 10.1. The lowest BCUT2D eigenvalue weighted by molar-refractivity contribution is -0.125. The van der Waals surface area contributed by atoms with Crippen LogP contribution in [0.5, 0.6) is 0 Å². The van der Waals surface area contributed by atoms with Crippen molar-refractivity contribution in [2.24, 2.45) is 0 Å². The number of hydrogen-bond donors (Lipinski definition) is 1. The van der Waals surface area contributed by atoms with Crippen molar-refractivity contribution in [3.8, 4) is 0 Å². The van der Waals surface area contributed by atoms with Gasteiger partial charge in [0.15, 0.2) is 0 Å². The molecule has 0 aromatic carbocycles. The lowest BCUT2D eigenvalue weighted by Crippen LogP contribution is -2.38. The molecular formula is C7H14ClF2NO. The number of rotatable bonds is 2. The van der Waals surface area contributed by atoms with Crippen molar-refractivity contribution < 1.29 is 13.5 Å². The molecule has 5 heteroatoms. The molecule has 1 unspecified atom stereocenters. The van der Waals surface area contributed by atoms with E-state index in [1.165, 1.54) is 0 Å². The molecule has 2 nitrogen and oxygen atoms in total. The molecule has 1 aliphatic heterocycles. The van der Waals surface area contributed by atoms with Crippen molar-refractivity contribution >= 4 is 12.4 Å². The van der Waals surface area contributed by atoms with Gasteiger partial charge in [0.2, 0.25) is 0 Å². The highest BCUT2D eigenvalue weighted by atomic mass is 35.5. The molecule has 74 valence electrons. The molecule has 1 aliphatic rings. The zero-order valence-electron chi connectivity index (χ0n) is 6.98. The van der Waals surface area contributed by atoms with Gasteiger partial charge in [0.25, 0.3) is 5.92 Å². The number of ether oxygens (including phenoxy) is 1. The largest absolute Gasteiger partial charge is 0.376 e. The van der Waals surface area contributed by atoms with Gasteiger partial charge >= 0.3 is 0 Å². The fourth-order valence-corrected chi connectivity index (χ4v) is 1.23. The average molecular weight is 202 g/mol. The number of nitrogens with one attached hydrogen (secondary N) is 1. The zero-order chi connectivity index (χ0) is 8.32. The molecule has 1 saturated heterocycles. The molecule has 0 aromatic heterocycles. The van der Waals surface area contributed by atoms with Crippen LogP contribution in [0, 0.1) is 0 Å². The summed E-state index contributed by atoms with van der Waals surface area (Å²) in [7, 11) is 1.73. The van der Waals surface area contributed by atoms with Crippen LogP contribution in [0.25, 0.3) is 0 Å². The number of hydrogen-bond acceptors (Lipinski definition) is 2. The predicted molar refractivity (Wildman–Crippen MR) is 45.1 cm³/mol.